The fourth-order valence-electron chi connectivity index (χ4n) is 2.28. The molecular weight excluding hydrogens is 257 g/mol. The molecule has 0 spiro atoms. The average molecular weight is 272 g/mol. The molecule has 1 saturated carbocycles. The van der Waals surface area contributed by atoms with Crippen LogP contribution in [-0.2, 0) is 6.18 Å². The van der Waals surface area contributed by atoms with Gasteiger partial charge in [-0.05, 0) is 19.3 Å². The fourth-order valence-corrected chi connectivity index (χ4v) is 2.28. The van der Waals surface area contributed by atoms with Gasteiger partial charge in [0.25, 0.3) is 0 Å². The Balaban J connectivity index is 1.96. The summed E-state index contributed by atoms with van der Waals surface area (Å²) >= 11 is 0. The number of alkyl halides is 3. The van der Waals surface area contributed by atoms with E-state index in [1.807, 2.05) is 4.90 Å². The molecule has 7 heteroatoms. The SMILES string of the molecule is N[C@@H]1CCN(c2cc(C(F)(F)F)nc(C3CC3)n2)C1. The molecule has 2 aliphatic rings. The zero-order chi connectivity index (χ0) is 13.6. The van der Waals surface area contributed by atoms with Crippen molar-refractivity contribution >= 4 is 5.82 Å². The standard InChI is InChI=1S/C12H15F3N4/c13-12(14,15)9-5-10(19-4-3-8(16)6-19)18-11(17-9)7-1-2-7/h5,7-8H,1-4,6,16H2/t8-/m1/s1. The average Bonchev–Trinajstić information content (AvgIpc) is 3.10. The first-order valence-electron chi connectivity index (χ1n) is 6.40. The van der Waals surface area contributed by atoms with Crippen LogP contribution in [0.15, 0.2) is 6.07 Å². The lowest BCUT2D eigenvalue weighted by Crippen LogP contribution is -2.27. The lowest BCUT2D eigenvalue weighted by Gasteiger charge is -2.19. The Hall–Kier alpha value is -1.37. The van der Waals surface area contributed by atoms with E-state index in [2.05, 4.69) is 9.97 Å². The zero-order valence-electron chi connectivity index (χ0n) is 10.3. The highest BCUT2D eigenvalue weighted by Gasteiger charge is 2.37. The van der Waals surface area contributed by atoms with E-state index in [4.69, 9.17) is 5.73 Å². The number of halogens is 3. The third-order valence-corrected chi connectivity index (χ3v) is 3.51. The van der Waals surface area contributed by atoms with Gasteiger partial charge < -0.3 is 10.6 Å². The second-order valence-corrected chi connectivity index (χ2v) is 5.24. The summed E-state index contributed by atoms with van der Waals surface area (Å²) in [6, 6.07) is 1.04. The van der Waals surface area contributed by atoms with Gasteiger partial charge in [-0.15, -0.1) is 0 Å². The lowest BCUT2D eigenvalue weighted by molar-refractivity contribution is -0.141. The second kappa shape index (κ2) is 4.33. The van der Waals surface area contributed by atoms with Gasteiger partial charge in [-0.3, -0.25) is 0 Å². The Kier molecular flexibility index (Phi) is 2.88. The summed E-state index contributed by atoms with van der Waals surface area (Å²) in [6.07, 6.45) is -1.90. The van der Waals surface area contributed by atoms with E-state index in [1.165, 1.54) is 0 Å². The van der Waals surface area contributed by atoms with Crippen LogP contribution in [0.25, 0.3) is 0 Å². The molecule has 2 N–H and O–H groups in total. The zero-order valence-corrected chi connectivity index (χ0v) is 10.3. The fraction of sp³-hybridized carbons (Fsp3) is 0.667. The molecule has 0 unspecified atom stereocenters. The van der Waals surface area contributed by atoms with Crippen LogP contribution in [0.2, 0.25) is 0 Å². The van der Waals surface area contributed by atoms with Crippen LogP contribution in [0.5, 0.6) is 0 Å². The van der Waals surface area contributed by atoms with Crippen molar-refractivity contribution in [3.8, 4) is 0 Å². The van der Waals surface area contributed by atoms with E-state index in [0.717, 1.165) is 25.3 Å². The first-order chi connectivity index (χ1) is 8.93. The molecule has 1 aliphatic heterocycles. The van der Waals surface area contributed by atoms with Gasteiger partial charge in [-0.2, -0.15) is 13.2 Å². The normalized spacial score (nSPS) is 24.0. The molecule has 19 heavy (non-hydrogen) atoms. The predicted molar refractivity (Wildman–Crippen MR) is 63.8 cm³/mol. The topological polar surface area (TPSA) is 55.0 Å². The second-order valence-electron chi connectivity index (χ2n) is 5.24. The Morgan fingerprint density at radius 1 is 1.21 bits per heavy atom. The van der Waals surface area contributed by atoms with Gasteiger partial charge in [0.05, 0.1) is 0 Å². The number of hydrogen-bond donors (Lipinski definition) is 1. The molecule has 0 amide bonds. The minimum atomic E-state index is -4.43. The highest BCUT2D eigenvalue weighted by Crippen LogP contribution is 2.40. The smallest absolute Gasteiger partial charge is 0.355 e. The predicted octanol–water partition coefficient (Wildman–Crippen LogP) is 1.91. The third-order valence-electron chi connectivity index (χ3n) is 3.51. The molecule has 1 aliphatic carbocycles. The minimum absolute atomic E-state index is 0.00803. The Morgan fingerprint density at radius 3 is 2.47 bits per heavy atom. The van der Waals surface area contributed by atoms with Gasteiger partial charge >= 0.3 is 6.18 Å². The number of nitrogens with two attached hydrogens (primary N) is 1. The minimum Gasteiger partial charge on any atom is -0.355 e. The van der Waals surface area contributed by atoms with Crippen molar-refractivity contribution in [3.63, 3.8) is 0 Å². The monoisotopic (exact) mass is 272 g/mol. The summed E-state index contributed by atoms with van der Waals surface area (Å²) in [4.78, 5) is 9.76. The number of nitrogens with zero attached hydrogens (tertiary/aromatic N) is 3. The van der Waals surface area contributed by atoms with Crippen molar-refractivity contribution < 1.29 is 13.2 Å². The van der Waals surface area contributed by atoms with E-state index in [1.54, 1.807) is 0 Å². The van der Waals surface area contributed by atoms with Gasteiger partial charge in [0.1, 0.15) is 17.3 Å². The van der Waals surface area contributed by atoms with Crippen LogP contribution in [-0.4, -0.2) is 29.1 Å². The van der Waals surface area contributed by atoms with E-state index in [0.29, 0.717) is 24.7 Å². The molecule has 4 nitrogen and oxygen atoms in total. The molecule has 0 bridgehead atoms. The lowest BCUT2D eigenvalue weighted by atomic mass is 10.3. The highest BCUT2D eigenvalue weighted by molar-refractivity contribution is 5.42. The molecule has 0 aromatic carbocycles. The Bertz CT molecular complexity index is 484. The summed E-state index contributed by atoms with van der Waals surface area (Å²) < 4.78 is 38.6. The molecule has 1 saturated heterocycles. The summed E-state index contributed by atoms with van der Waals surface area (Å²) in [5.41, 5.74) is 4.94. The molecule has 1 aromatic heterocycles. The Morgan fingerprint density at radius 2 is 1.95 bits per heavy atom. The number of rotatable bonds is 2. The van der Waals surface area contributed by atoms with Gasteiger partial charge in [0.15, 0.2) is 0 Å². The molecule has 3 rings (SSSR count). The first-order valence-corrected chi connectivity index (χ1v) is 6.40. The van der Waals surface area contributed by atoms with Gasteiger partial charge in [0.2, 0.25) is 0 Å². The summed E-state index contributed by atoms with van der Waals surface area (Å²) in [7, 11) is 0. The van der Waals surface area contributed by atoms with Crippen LogP contribution < -0.4 is 10.6 Å². The van der Waals surface area contributed by atoms with Gasteiger partial charge in [-0.1, -0.05) is 0 Å². The maximum absolute atomic E-state index is 12.9. The summed E-state index contributed by atoms with van der Waals surface area (Å²) in [6.45, 7) is 1.21. The summed E-state index contributed by atoms with van der Waals surface area (Å²) in [5, 5.41) is 0. The van der Waals surface area contributed by atoms with Gasteiger partial charge in [0, 0.05) is 31.1 Å². The van der Waals surface area contributed by atoms with Crippen LogP contribution in [0.3, 0.4) is 0 Å². The van der Waals surface area contributed by atoms with Crippen LogP contribution >= 0.6 is 0 Å². The van der Waals surface area contributed by atoms with Crippen molar-refractivity contribution in [1.82, 2.24) is 9.97 Å². The number of hydrogen-bond acceptors (Lipinski definition) is 4. The molecule has 1 atom stereocenters. The largest absolute Gasteiger partial charge is 0.433 e. The summed E-state index contributed by atoms with van der Waals surface area (Å²) in [5.74, 6) is 0.778. The van der Waals surface area contributed by atoms with E-state index < -0.39 is 11.9 Å². The van der Waals surface area contributed by atoms with Crippen molar-refractivity contribution in [1.29, 1.82) is 0 Å². The maximum Gasteiger partial charge on any atom is 0.433 e. The maximum atomic E-state index is 12.9. The third kappa shape index (κ3) is 2.65. The van der Waals surface area contributed by atoms with Crippen molar-refractivity contribution in [3.05, 3.63) is 17.6 Å². The molecule has 2 heterocycles. The van der Waals surface area contributed by atoms with Crippen molar-refractivity contribution in [2.24, 2.45) is 5.73 Å². The molecule has 1 aromatic rings. The van der Waals surface area contributed by atoms with Crippen LogP contribution in [0.4, 0.5) is 19.0 Å². The first kappa shape index (κ1) is 12.7. The number of anilines is 1. The highest BCUT2D eigenvalue weighted by atomic mass is 19.4. The van der Waals surface area contributed by atoms with E-state index in [-0.39, 0.29) is 12.0 Å². The van der Waals surface area contributed by atoms with Gasteiger partial charge in [-0.25, -0.2) is 9.97 Å². The van der Waals surface area contributed by atoms with E-state index >= 15 is 0 Å². The van der Waals surface area contributed by atoms with Crippen LogP contribution in [0, 0.1) is 0 Å². The van der Waals surface area contributed by atoms with Crippen molar-refractivity contribution in [2.75, 3.05) is 18.0 Å². The van der Waals surface area contributed by atoms with Crippen LogP contribution in [0.1, 0.15) is 36.7 Å². The number of aromatic nitrogens is 2. The molecule has 104 valence electrons. The van der Waals surface area contributed by atoms with Crippen molar-refractivity contribution in [2.45, 2.75) is 37.4 Å². The molecule has 0 radical (unpaired) electrons. The Labute approximate surface area is 108 Å². The molecule has 2 fully saturated rings. The molecular formula is C12H15F3N4. The quantitative estimate of drug-likeness (QED) is 0.893. The van der Waals surface area contributed by atoms with E-state index in [9.17, 15) is 13.2 Å².